The summed E-state index contributed by atoms with van der Waals surface area (Å²) in [5, 5.41) is 0.0485. The van der Waals surface area contributed by atoms with Crippen LogP contribution in [0.3, 0.4) is 0 Å². The molecule has 1 aliphatic heterocycles. The van der Waals surface area contributed by atoms with Crippen molar-refractivity contribution in [3.63, 3.8) is 0 Å². The number of hydrogen-bond donors (Lipinski definition) is 0. The van der Waals surface area contributed by atoms with E-state index in [4.69, 9.17) is 8.92 Å². The lowest BCUT2D eigenvalue weighted by Crippen LogP contribution is -2.36. The Morgan fingerprint density at radius 3 is 1.92 bits per heavy atom. The van der Waals surface area contributed by atoms with Crippen LogP contribution in [0, 0.1) is 0 Å². The molecule has 39 heavy (non-hydrogen) atoms. The number of thioether (sulfide) groups is 1. The predicted octanol–water partition coefficient (Wildman–Crippen LogP) is 6.01. The second-order valence-corrected chi connectivity index (χ2v) is 12.4. The Labute approximate surface area is 235 Å². The van der Waals surface area contributed by atoms with Gasteiger partial charge in [0.25, 0.3) is 10.1 Å². The first-order chi connectivity index (χ1) is 18.8. The van der Waals surface area contributed by atoms with Crippen molar-refractivity contribution in [3.8, 4) is 0 Å². The van der Waals surface area contributed by atoms with Crippen molar-refractivity contribution < 1.29 is 22.1 Å². The van der Waals surface area contributed by atoms with Gasteiger partial charge in [0.15, 0.2) is 0 Å². The summed E-state index contributed by atoms with van der Waals surface area (Å²) in [4.78, 5) is 14.7. The van der Waals surface area contributed by atoms with Gasteiger partial charge in [-0.3, -0.25) is 4.18 Å². The number of ether oxygens (including phenoxy) is 1. The fourth-order valence-corrected chi connectivity index (χ4v) is 7.04. The van der Waals surface area contributed by atoms with E-state index in [1.54, 1.807) is 11.0 Å². The quantitative estimate of drug-likeness (QED) is 0.162. The van der Waals surface area contributed by atoms with E-state index < -0.39 is 21.0 Å². The van der Waals surface area contributed by atoms with E-state index in [-0.39, 0.29) is 24.5 Å². The van der Waals surface area contributed by atoms with Crippen LogP contribution in [0.1, 0.15) is 23.1 Å². The fourth-order valence-electron chi connectivity index (χ4n) is 4.87. The minimum Gasteiger partial charge on any atom is -0.445 e. The molecular formula is C31H33NO5S2. The molecule has 0 bridgehead atoms. The topological polar surface area (TPSA) is 72.9 Å². The molecule has 0 saturated carbocycles. The third-order valence-corrected chi connectivity index (χ3v) is 8.78. The van der Waals surface area contributed by atoms with E-state index in [0.717, 1.165) is 22.9 Å². The number of rotatable bonds is 11. The van der Waals surface area contributed by atoms with Crippen LogP contribution >= 0.6 is 11.8 Å². The van der Waals surface area contributed by atoms with Crippen LogP contribution < -0.4 is 0 Å². The van der Waals surface area contributed by atoms with Crippen LogP contribution in [-0.4, -0.2) is 56.7 Å². The maximum atomic E-state index is 13.0. The van der Waals surface area contributed by atoms with Gasteiger partial charge in [0.2, 0.25) is 0 Å². The number of amides is 1. The molecule has 3 aromatic carbocycles. The van der Waals surface area contributed by atoms with Crippen molar-refractivity contribution in [1.82, 2.24) is 4.90 Å². The standard InChI is InChI=1S/C31H33NO5S2/c1-3-21-36-30(33)32-24-29(23-28(32)20-13-22-37-39(2,34)35)38-31(25-14-7-4-8-15-25,26-16-9-5-10-17-26)27-18-11-6-12-19-27/h3-20,28-29H,1,21-24H2,2H3/t28-,29+/m1/s1. The minimum absolute atomic E-state index is 0.0485. The average molecular weight is 564 g/mol. The summed E-state index contributed by atoms with van der Waals surface area (Å²) in [7, 11) is -3.56. The van der Waals surface area contributed by atoms with Gasteiger partial charge in [-0.15, -0.1) is 11.8 Å². The molecule has 1 fully saturated rings. The van der Waals surface area contributed by atoms with Crippen LogP contribution in [0.5, 0.6) is 0 Å². The highest BCUT2D eigenvalue weighted by Gasteiger charge is 2.44. The average Bonchev–Trinajstić information content (AvgIpc) is 3.36. The van der Waals surface area contributed by atoms with E-state index in [0.29, 0.717) is 13.0 Å². The molecule has 6 nitrogen and oxygen atoms in total. The Hall–Kier alpha value is -3.33. The van der Waals surface area contributed by atoms with Gasteiger partial charge in [0.1, 0.15) is 6.61 Å². The van der Waals surface area contributed by atoms with E-state index in [2.05, 4.69) is 79.4 Å². The predicted molar refractivity (Wildman–Crippen MR) is 157 cm³/mol. The highest BCUT2D eigenvalue weighted by molar-refractivity contribution is 8.01. The van der Waals surface area contributed by atoms with Crippen LogP contribution in [0.2, 0.25) is 0 Å². The number of carbonyl (C=O) groups is 1. The molecule has 0 aliphatic carbocycles. The summed E-state index contributed by atoms with van der Waals surface area (Å²) in [5.74, 6) is 0. The smallest absolute Gasteiger partial charge is 0.410 e. The van der Waals surface area contributed by atoms with Crippen molar-refractivity contribution in [2.45, 2.75) is 22.5 Å². The molecule has 0 aromatic heterocycles. The molecule has 4 rings (SSSR count). The molecule has 0 spiro atoms. The second-order valence-electron chi connectivity index (χ2n) is 9.26. The van der Waals surface area contributed by atoms with Crippen molar-refractivity contribution in [1.29, 1.82) is 0 Å². The highest BCUT2D eigenvalue weighted by Crippen LogP contribution is 2.52. The minimum atomic E-state index is -3.56. The van der Waals surface area contributed by atoms with Gasteiger partial charge in [-0.05, 0) is 23.1 Å². The van der Waals surface area contributed by atoms with Gasteiger partial charge < -0.3 is 9.64 Å². The Kier molecular flexibility index (Phi) is 9.67. The lowest BCUT2D eigenvalue weighted by molar-refractivity contribution is 0.114. The molecule has 0 N–H and O–H groups in total. The van der Waals surface area contributed by atoms with Crippen molar-refractivity contribution >= 4 is 28.0 Å². The van der Waals surface area contributed by atoms with Crippen molar-refractivity contribution in [2.75, 3.05) is 26.0 Å². The van der Waals surface area contributed by atoms with Gasteiger partial charge >= 0.3 is 6.09 Å². The van der Waals surface area contributed by atoms with Crippen LogP contribution in [-0.2, 0) is 23.8 Å². The molecule has 2 atom stereocenters. The third-order valence-electron chi connectivity index (χ3n) is 6.49. The lowest BCUT2D eigenvalue weighted by atomic mass is 9.84. The number of nitrogens with zero attached hydrogens (tertiary/aromatic N) is 1. The maximum absolute atomic E-state index is 13.0. The number of benzene rings is 3. The van der Waals surface area contributed by atoms with E-state index in [9.17, 15) is 13.2 Å². The molecule has 1 amide bonds. The van der Waals surface area contributed by atoms with Crippen LogP contribution in [0.25, 0.3) is 0 Å². The number of hydrogen-bond acceptors (Lipinski definition) is 6. The first kappa shape index (κ1) is 28.7. The zero-order valence-electron chi connectivity index (χ0n) is 21.9. The van der Waals surface area contributed by atoms with Crippen LogP contribution in [0.4, 0.5) is 4.79 Å². The monoisotopic (exact) mass is 563 g/mol. The number of carbonyl (C=O) groups excluding carboxylic acids is 1. The van der Waals surface area contributed by atoms with E-state index >= 15 is 0 Å². The molecule has 8 heteroatoms. The molecule has 0 unspecified atom stereocenters. The van der Waals surface area contributed by atoms with Gasteiger partial charge in [-0.1, -0.05) is 116 Å². The third kappa shape index (κ3) is 7.20. The van der Waals surface area contributed by atoms with Crippen molar-refractivity contribution in [3.05, 3.63) is 132 Å². The Bertz CT molecular complexity index is 1270. The maximum Gasteiger partial charge on any atom is 0.410 e. The summed E-state index contributed by atoms with van der Waals surface area (Å²) < 4.78 is 32.5. The normalized spacial score (nSPS) is 17.8. The van der Waals surface area contributed by atoms with Crippen LogP contribution in [0.15, 0.2) is 116 Å². The molecule has 1 aliphatic rings. The first-order valence-corrected chi connectivity index (χ1v) is 15.4. The van der Waals surface area contributed by atoms with Crippen molar-refractivity contribution in [2.24, 2.45) is 0 Å². The zero-order valence-corrected chi connectivity index (χ0v) is 23.5. The first-order valence-electron chi connectivity index (χ1n) is 12.7. The number of likely N-dealkylation sites (tertiary alicyclic amines) is 1. The molecule has 1 heterocycles. The molecule has 0 radical (unpaired) electrons. The summed E-state index contributed by atoms with van der Waals surface area (Å²) in [6.45, 7) is 4.13. The largest absolute Gasteiger partial charge is 0.445 e. The fraction of sp³-hybridized carbons (Fsp3) is 0.258. The Morgan fingerprint density at radius 2 is 1.46 bits per heavy atom. The molecule has 204 valence electrons. The molecule has 3 aromatic rings. The summed E-state index contributed by atoms with van der Waals surface area (Å²) in [6.07, 6.45) is 6.26. The summed E-state index contributed by atoms with van der Waals surface area (Å²) in [6, 6.07) is 31.0. The summed E-state index contributed by atoms with van der Waals surface area (Å²) in [5.41, 5.74) is 3.44. The SMILES string of the molecule is C=CCOC(=O)N1C[C@@H](SC(c2ccccc2)(c2ccccc2)c2ccccc2)C[C@H]1C=CCOS(C)(=O)=O. The zero-order chi connectivity index (χ0) is 27.7. The van der Waals surface area contributed by atoms with E-state index in [1.807, 2.05) is 36.0 Å². The lowest BCUT2D eigenvalue weighted by Gasteiger charge is -2.37. The van der Waals surface area contributed by atoms with Gasteiger partial charge in [0, 0.05) is 11.8 Å². The Morgan fingerprint density at radius 1 is 0.949 bits per heavy atom. The van der Waals surface area contributed by atoms with E-state index in [1.165, 1.54) is 6.08 Å². The van der Waals surface area contributed by atoms with Gasteiger partial charge in [-0.2, -0.15) is 8.42 Å². The van der Waals surface area contributed by atoms with Gasteiger partial charge in [0.05, 0.1) is 23.7 Å². The van der Waals surface area contributed by atoms with Gasteiger partial charge in [-0.25, -0.2) is 4.79 Å². The highest BCUT2D eigenvalue weighted by atomic mass is 32.2. The summed E-state index contributed by atoms with van der Waals surface area (Å²) >= 11 is 1.82. The molecular weight excluding hydrogens is 530 g/mol. The molecule has 1 saturated heterocycles. The second kappa shape index (κ2) is 13.2. The Balaban J connectivity index is 1.72.